The third-order valence-corrected chi connectivity index (χ3v) is 4.19. The third-order valence-electron chi connectivity index (χ3n) is 4.19. The molecule has 1 heterocycles. The van der Waals surface area contributed by atoms with Crippen LogP contribution in [0.25, 0.3) is 0 Å². The van der Waals surface area contributed by atoms with Gasteiger partial charge in [0.1, 0.15) is 5.75 Å². The lowest BCUT2D eigenvalue weighted by atomic mass is 10.1. The van der Waals surface area contributed by atoms with Crippen molar-refractivity contribution < 1.29 is 9.47 Å². The van der Waals surface area contributed by atoms with Gasteiger partial charge in [0, 0.05) is 26.2 Å². The van der Waals surface area contributed by atoms with Gasteiger partial charge in [-0.1, -0.05) is 12.1 Å². The number of ether oxygens (including phenoxy) is 2. The topological polar surface area (TPSA) is 46.1 Å². The summed E-state index contributed by atoms with van der Waals surface area (Å²) >= 11 is 0. The van der Waals surface area contributed by atoms with Gasteiger partial charge in [0.15, 0.2) is 5.96 Å². The second-order valence-electron chi connectivity index (χ2n) is 6.62. The summed E-state index contributed by atoms with van der Waals surface area (Å²) < 4.78 is 11.4. The van der Waals surface area contributed by atoms with Crippen LogP contribution in [0.2, 0.25) is 0 Å². The van der Waals surface area contributed by atoms with E-state index in [1.165, 1.54) is 5.56 Å². The lowest BCUT2D eigenvalue weighted by molar-refractivity contribution is 0.0263. The lowest BCUT2D eigenvalue weighted by Gasteiger charge is -2.34. The molecule has 140 valence electrons. The first-order valence-electron chi connectivity index (χ1n) is 9.52. The Morgan fingerprint density at radius 2 is 1.88 bits per heavy atom. The van der Waals surface area contributed by atoms with E-state index in [0.717, 1.165) is 50.8 Å². The van der Waals surface area contributed by atoms with Crippen molar-refractivity contribution in [2.75, 3.05) is 26.2 Å². The van der Waals surface area contributed by atoms with Crippen LogP contribution in [0.15, 0.2) is 29.3 Å². The minimum atomic E-state index is 0.198. The number of likely N-dealkylation sites (tertiary alicyclic amines) is 1. The Morgan fingerprint density at radius 3 is 2.44 bits per heavy atom. The van der Waals surface area contributed by atoms with Crippen molar-refractivity contribution in [1.29, 1.82) is 0 Å². The van der Waals surface area contributed by atoms with Crippen LogP contribution < -0.4 is 10.1 Å². The predicted octanol–water partition coefficient (Wildman–Crippen LogP) is 3.44. The van der Waals surface area contributed by atoms with Crippen molar-refractivity contribution in [1.82, 2.24) is 10.2 Å². The Labute approximate surface area is 152 Å². The van der Waals surface area contributed by atoms with Gasteiger partial charge < -0.3 is 19.7 Å². The van der Waals surface area contributed by atoms with Crippen molar-refractivity contribution in [3.63, 3.8) is 0 Å². The van der Waals surface area contributed by atoms with Crippen molar-refractivity contribution in [3.8, 4) is 5.75 Å². The van der Waals surface area contributed by atoms with Crippen molar-refractivity contribution in [2.45, 2.75) is 59.3 Å². The largest absolute Gasteiger partial charge is 0.491 e. The molecular weight excluding hydrogens is 314 g/mol. The first-order valence-corrected chi connectivity index (χ1v) is 9.52. The maximum atomic E-state index is 5.74. The van der Waals surface area contributed by atoms with Gasteiger partial charge in [-0.15, -0.1) is 0 Å². The smallest absolute Gasteiger partial charge is 0.194 e. The van der Waals surface area contributed by atoms with Gasteiger partial charge in [-0.3, -0.25) is 0 Å². The highest BCUT2D eigenvalue weighted by Gasteiger charge is 2.21. The fraction of sp³-hybridized carbons (Fsp3) is 0.650. The Kier molecular flexibility index (Phi) is 8.06. The average Bonchev–Trinajstić information content (AvgIpc) is 2.60. The third kappa shape index (κ3) is 6.58. The van der Waals surface area contributed by atoms with Crippen molar-refractivity contribution in [2.24, 2.45) is 4.99 Å². The molecule has 1 fully saturated rings. The van der Waals surface area contributed by atoms with Crippen LogP contribution >= 0.6 is 0 Å². The fourth-order valence-corrected chi connectivity index (χ4v) is 3.01. The molecule has 1 aromatic rings. The SMILES string of the molecule is CCNC(=NCc1ccc(OC(C)C)cc1)N1CCC(OCC)CC1. The molecule has 5 nitrogen and oxygen atoms in total. The first kappa shape index (κ1) is 19.6. The summed E-state index contributed by atoms with van der Waals surface area (Å²) in [6.07, 6.45) is 2.74. The summed E-state index contributed by atoms with van der Waals surface area (Å²) in [5.41, 5.74) is 1.19. The number of nitrogens with one attached hydrogen (secondary N) is 1. The van der Waals surface area contributed by atoms with E-state index in [-0.39, 0.29) is 6.10 Å². The van der Waals surface area contributed by atoms with E-state index in [2.05, 4.69) is 36.2 Å². The number of benzene rings is 1. The number of nitrogens with zero attached hydrogens (tertiary/aromatic N) is 2. The number of hydrogen-bond donors (Lipinski definition) is 1. The molecule has 1 aliphatic rings. The van der Waals surface area contributed by atoms with Gasteiger partial charge in [0.05, 0.1) is 18.8 Å². The zero-order chi connectivity index (χ0) is 18.1. The molecule has 0 radical (unpaired) electrons. The second kappa shape index (κ2) is 10.3. The zero-order valence-electron chi connectivity index (χ0n) is 16.1. The molecule has 0 amide bonds. The van der Waals surface area contributed by atoms with E-state index in [4.69, 9.17) is 14.5 Å². The first-order chi connectivity index (χ1) is 12.1. The Hall–Kier alpha value is -1.75. The zero-order valence-corrected chi connectivity index (χ0v) is 16.1. The quantitative estimate of drug-likeness (QED) is 0.606. The molecule has 0 atom stereocenters. The Balaban J connectivity index is 1.93. The summed E-state index contributed by atoms with van der Waals surface area (Å²) in [6.45, 7) is 12.6. The average molecular weight is 348 g/mol. The minimum Gasteiger partial charge on any atom is -0.491 e. The van der Waals surface area contributed by atoms with Gasteiger partial charge >= 0.3 is 0 Å². The lowest BCUT2D eigenvalue weighted by Crippen LogP contribution is -2.47. The summed E-state index contributed by atoms with van der Waals surface area (Å²) in [6, 6.07) is 8.22. The van der Waals surface area contributed by atoms with Crippen LogP contribution in [0, 0.1) is 0 Å². The summed E-state index contributed by atoms with van der Waals surface area (Å²) in [5, 5.41) is 3.42. The molecule has 0 bridgehead atoms. The normalized spacial score (nSPS) is 16.4. The fourth-order valence-electron chi connectivity index (χ4n) is 3.01. The monoisotopic (exact) mass is 347 g/mol. The van der Waals surface area contributed by atoms with Gasteiger partial charge in [-0.05, 0) is 58.2 Å². The van der Waals surface area contributed by atoms with E-state index in [1.54, 1.807) is 0 Å². The van der Waals surface area contributed by atoms with Crippen LogP contribution in [0.5, 0.6) is 5.75 Å². The van der Waals surface area contributed by atoms with Gasteiger partial charge in [0.2, 0.25) is 0 Å². The number of aliphatic imine (C=N–C) groups is 1. The molecule has 0 aromatic heterocycles. The standard InChI is InChI=1S/C20H33N3O2/c1-5-21-20(23-13-11-18(12-14-23)24-6-2)22-15-17-7-9-19(10-8-17)25-16(3)4/h7-10,16,18H,5-6,11-15H2,1-4H3,(H,21,22). The molecule has 0 unspecified atom stereocenters. The molecule has 1 aromatic carbocycles. The molecule has 5 heteroatoms. The molecule has 2 rings (SSSR count). The second-order valence-corrected chi connectivity index (χ2v) is 6.62. The molecule has 0 saturated carbocycles. The van der Waals surface area contributed by atoms with Crippen LogP contribution in [0.1, 0.15) is 46.1 Å². The maximum absolute atomic E-state index is 5.74. The Bertz CT molecular complexity index is 520. The highest BCUT2D eigenvalue weighted by Crippen LogP contribution is 2.16. The predicted molar refractivity (Wildman–Crippen MR) is 103 cm³/mol. The number of guanidine groups is 1. The number of piperidine rings is 1. The summed E-state index contributed by atoms with van der Waals surface area (Å²) in [4.78, 5) is 7.16. The highest BCUT2D eigenvalue weighted by atomic mass is 16.5. The Morgan fingerprint density at radius 1 is 1.20 bits per heavy atom. The maximum Gasteiger partial charge on any atom is 0.194 e. The van der Waals surface area contributed by atoms with Gasteiger partial charge in [0.25, 0.3) is 0 Å². The molecule has 1 N–H and O–H groups in total. The molecule has 0 spiro atoms. The van der Waals surface area contributed by atoms with Crippen LogP contribution in [-0.2, 0) is 11.3 Å². The molecule has 25 heavy (non-hydrogen) atoms. The van der Waals surface area contributed by atoms with Crippen molar-refractivity contribution >= 4 is 5.96 Å². The molecule has 1 aliphatic heterocycles. The highest BCUT2D eigenvalue weighted by molar-refractivity contribution is 5.80. The van der Waals surface area contributed by atoms with Gasteiger partial charge in [-0.2, -0.15) is 0 Å². The summed E-state index contributed by atoms with van der Waals surface area (Å²) in [5.74, 6) is 1.91. The van der Waals surface area contributed by atoms with E-state index in [9.17, 15) is 0 Å². The molecule has 0 aliphatic carbocycles. The van der Waals surface area contributed by atoms with Crippen LogP contribution in [0.4, 0.5) is 0 Å². The molecule has 1 saturated heterocycles. The van der Waals surface area contributed by atoms with E-state index in [1.807, 2.05) is 26.0 Å². The number of rotatable bonds is 7. The molecular formula is C20H33N3O2. The van der Waals surface area contributed by atoms with Crippen LogP contribution in [0.3, 0.4) is 0 Å². The van der Waals surface area contributed by atoms with E-state index in [0.29, 0.717) is 12.6 Å². The van der Waals surface area contributed by atoms with E-state index < -0.39 is 0 Å². The van der Waals surface area contributed by atoms with Gasteiger partial charge in [-0.25, -0.2) is 4.99 Å². The number of hydrogen-bond acceptors (Lipinski definition) is 3. The summed E-state index contributed by atoms with van der Waals surface area (Å²) in [7, 11) is 0. The van der Waals surface area contributed by atoms with E-state index >= 15 is 0 Å². The minimum absolute atomic E-state index is 0.198. The van der Waals surface area contributed by atoms with Crippen LogP contribution in [-0.4, -0.2) is 49.3 Å². The van der Waals surface area contributed by atoms with Crippen molar-refractivity contribution in [3.05, 3.63) is 29.8 Å².